The zero-order valence-electron chi connectivity index (χ0n) is 11.3. The first-order chi connectivity index (χ1) is 10.4. The quantitative estimate of drug-likeness (QED) is 0.753. The maximum atomic E-state index is 10.8. The first-order valence-corrected chi connectivity index (χ1v) is 7.96. The predicted octanol–water partition coefficient (Wildman–Crippen LogP) is 2.80. The molecule has 6 nitrogen and oxygen atoms in total. The van der Waals surface area contributed by atoms with Crippen LogP contribution in [0.2, 0.25) is 0 Å². The Morgan fingerprint density at radius 2 is 1.82 bits per heavy atom. The molecule has 0 radical (unpaired) electrons. The van der Waals surface area contributed by atoms with Gasteiger partial charge in [0.05, 0.1) is 0 Å². The molecule has 0 aromatic heterocycles. The van der Waals surface area contributed by atoms with Crippen molar-refractivity contribution in [2.75, 3.05) is 6.61 Å². The number of fused-ring (bicyclic) bond motifs is 1. The van der Waals surface area contributed by atoms with Gasteiger partial charge in [0, 0.05) is 11.6 Å². The van der Waals surface area contributed by atoms with E-state index in [0.29, 0.717) is 12.4 Å². The largest absolute Gasteiger partial charge is 0.524 e. The van der Waals surface area contributed by atoms with Crippen molar-refractivity contribution in [3.05, 3.63) is 53.6 Å². The van der Waals surface area contributed by atoms with Crippen molar-refractivity contribution in [1.82, 2.24) is 0 Å². The van der Waals surface area contributed by atoms with E-state index in [1.54, 1.807) is 30.3 Å². The maximum absolute atomic E-state index is 10.8. The van der Waals surface area contributed by atoms with E-state index in [1.165, 1.54) is 12.1 Å². The van der Waals surface area contributed by atoms with Gasteiger partial charge in [0.1, 0.15) is 23.9 Å². The topological polar surface area (TPSA) is 96.2 Å². The van der Waals surface area contributed by atoms with Crippen LogP contribution < -0.4 is 9.26 Å². The van der Waals surface area contributed by atoms with Crippen molar-refractivity contribution in [3.8, 4) is 17.2 Å². The Balaban J connectivity index is 1.90. The van der Waals surface area contributed by atoms with E-state index in [0.717, 1.165) is 16.7 Å². The molecule has 0 unspecified atom stereocenters. The molecular formula is C15H13O6P. The number of rotatable bonds is 3. The highest BCUT2D eigenvalue weighted by atomic mass is 31.2. The molecular weight excluding hydrogens is 307 g/mol. The molecule has 1 aliphatic heterocycles. The second kappa shape index (κ2) is 5.50. The summed E-state index contributed by atoms with van der Waals surface area (Å²) in [6, 6.07) is 11.4. The number of phosphoric acid groups is 1. The molecule has 1 heterocycles. The van der Waals surface area contributed by atoms with Gasteiger partial charge in [-0.25, -0.2) is 4.57 Å². The Morgan fingerprint density at radius 3 is 2.50 bits per heavy atom. The Labute approximate surface area is 126 Å². The number of hydrogen-bond acceptors (Lipinski definition) is 4. The smallest absolute Gasteiger partial charge is 0.508 e. The predicted molar refractivity (Wildman–Crippen MR) is 80.6 cm³/mol. The van der Waals surface area contributed by atoms with Crippen LogP contribution in [0.15, 0.2) is 42.5 Å². The molecule has 0 fully saturated rings. The monoisotopic (exact) mass is 320 g/mol. The molecule has 7 heteroatoms. The molecule has 1 aliphatic rings. The summed E-state index contributed by atoms with van der Waals surface area (Å²) in [5, 5.41) is 9.31. The molecule has 114 valence electrons. The van der Waals surface area contributed by atoms with Gasteiger partial charge in [-0.05, 0) is 41.5 Å². The molecule has 0 bridgehead atoms. The molecule has 3 N–H and O–H groups in total. The lowest BCUT2D eigenvalue weighted by Gasteiger charge is -2.19. The molecule has 0 amide bonds. The second-order valence-electron chi connectivity index (χ2n) is 4.79. The van der Waals surface area contributed by atoms with Crippen molar-refractivity contribution < 1.29 is 28.7 Å². The number of benzene rings is 2. The van der Waals surface area contributed by atoms with Gasteiger partial charge in [0.15, 0.2) is 0 Å². The van der Waals surface area contributed by atoms with Crippen LogP contribution >= 0.6 is 7.82 Å². The number of phenolic OH excluding ortho intramolecular Hbond substituents is 1. The zero-order chi connectivity index (χ0) is 15.7. The molecule has 2 aromatic rings. The van der Waals surface area contributed by atoms with Gasteiger partial charge >= 0.3 is 7.82 Å². The average Bonchev–Trinajstić information content (AvgIpc) is 2.46. The summed E-state index contributed by atoms with van der Waals surface area (Å²) in [6.07, 6.45) is 1.92. The van der Waals surface area contributed by atoms with Crippen molar-refractivity contribution in [2.45, 2.75) is 0 Å². The van der Waals surface area contributed by atoms with Crippen LogP contribution in [-0.2, 0) is 4.57 Å². The highest BCUT2D eigenvalue weighted by molar-refractivity contribution is 7.46. The van der Waals surface area contributed by atoms with Gasteiger partial charge in [0.25, 0.3) is 0 Å². The third kappa shape index (κ3) is 3.31. The summed E-state index contributed by atoms with van der Waals surface area (Å²) in [4.78, 5) is 17.6. The second-order valence-corrected chi connectivity index (χ2v) is 5.95. The van der Waals surface area contributed by atoms with Crippen molar-refractivity contribution in [3.63, 3.8) is 0 Å². The fourth-order valence-electron chi connectivity index (χ4n) is 2.18. The first kappa shape index (κ1) is 14.7. The fourth-order valence-corrected chi connectivity index (χ4v) is 2.57. The van der Waals surface area contributed by atoms with E-state index in [4.69, 9.17) is 14.5 Å². The van der Waals surface area contributed by atoms with Crippen LogP contribution in [0.5, 0.6) is 17.2 Å². The van der Waals surface area contributed by atoms with E-state index in [9.17, 15) is 9.67 Å². The summed E-state index contributed by atoms with van der Waals surface area (Å²) in [5.74, 6) is 0.739. The highest BCUT2D eigenvalue weighted by Crippen LogP contribution is 2.40. The summed E-state index contributed by atoms with van der Waals surface area (Å²) < 4.78 is 21.0. The fraction of sp³-hybridized carbons (Fsp3) is 0.0667. The molecule has 2 aromatic carbocycles. The Hall–Kier alpha value is -2.27. The van der Waals surface area contributed by atoms with Crippen LogP contribution in [0, 0.1) is 0 Å². The first-order valence-electron chi connectivity index (χ1n) is 6.43. The Bertz CT molecular complexity index is 775. The van der Waals surface area contributed by atoms with Gasteiger partial charge < -0.3 is 14.4 Å². The van der Waals surface area contributed by atoms with Crippen molar-refractivity contribution >= 4 is 19.5 Å². The van der Waals surface area contributed by atoms with Crippen LogP contribution in [0.4, 0.5) is 0 Å². The molecule has 0 saturated heterocycles. The third-order valence-electron chi connectivity index (χ3n) is 3.16. The van der Waals surface area contributed by atoms with E-state index >= 15 is 0 Å². The number of hydrogen-bond donors (Lipinski definition) is 3. The molecule has 22 heavy (non-hydrogen) atoms. The summed E-state index contributed by atoms with van der Waals surface area (Å²) >= 11 is 0. The van der Waals surface area contributed by atoms with Crippen LogP contribution in [-0.4, -0.2) is 21.5 Å². The van der Waals surface area contributed by atoms with E-state index < -0.39 is 7.82 Å². The van der Waals surface area contributed by atoms with Crippen LogP contribution in [0.25, 0.3) is 11.6 Å². The van der Waals surface area contributed by atoms with Crippen molar-refractivity contribution in [2.24, 2.45) is 0 Å². The summed E-state index contributed by atoms with van der Waals surface area (Å²) in [7, 11) is -4.58. The lowest BCUT2D eigenvalue weighted by atomic mass is 10.0. The molecule has 3 rings (SSSR count). The summed E-state index contributed by atoms with van der Waals surface area (Å²) in [5.41, 5.74) is 2.66. The Kier molecular flexibility index (Phi) is 3.66. The minimum absolute atomic E-state index is 0.0496. The van der Waals surface area contributed by atoms with E-state index in [-0.39, 0.29) is 11.5 Å². The van der Waals surface area contributed by atoms with Gasteiger partial charge in [-0.2, -0.15) is 0 Å². The lowest BCUT2D eigenvalue weighted by molar-refractivity contribution is 0.282. The normalized spacial score (nSPS) is 13.8. The lowest BCUT2D eigenvalue weighted by Crippen LogP contribution is -2.06. The molecule has 0 saturated carbocycles. The number of phosphoric ester groups is 1. The standard InChI is InChI=1S/C15H13O6P/c16-13-4-1-10(2-5-13)12-7-11-3-6-14(21-22(17,18)19)8-15(11)20-9-12/h1-8,16H,9H2,(H2,17,18,19). The zero-order valence-corrected chi connectivity index (χ0v) is 12.2. The van der Waals surface area contributed by atoms with Gasteiger partial charge in [-0.1, -0.05) is 12.1 Å². The number of ether oxygens (including phenoxy) is 1. The minimum atomic E-state index is -4.58. The minimum Gasteiger partial charge on any atom is -0.508 e. The molecule has 0 atom stereocenters. The van der Waals surface area contributed by atoms with Gasteiger partial charge in [-0.15, -0.1) is 0 Å². The van der Waals surface area contributed by atoms with Crippen LogP contribution in [0.1, 0.15) is 11.1 Å². The molecule has 0 aliphatic carbocycles. The SMILES string of the molecule is O=P(O)(O)Oc1ccc2c(c1)OCC(c1ccc(O)cc1)=C2. The van der Waals surface area contributed by atoms with Crippen molar-refractivity contribution in [1.29, 1.82) is 0 Å². The van der Waals surface area contributed by atoms with Gasteiger partial charge in [-0.3, -0.25) is 9.79 Å². The van der Waals surface area contributed by atoms with Crippen LogP contribution in [0.3, 0.4) is 0 Å². The Morgan fingerprint density at radius 1 is 1.09 bits per heavy atom. The third-order valence-corrected chi connectivity index (χ3v) is 3.61. The van der Waals surface area contributed by atoms with E-state index in [1.807, 2.05) is 6.08 Å². The summed E-state index contributed by atoms with van der Waals surface area (Å²) in [6.45, 7) is 0.317. The maximum Gasteiger partial charge on any atom is 0.524 e. The molecule has 0 spiro atoms. The average molecular weight is 320 g/mol. The van der Waals surface area contributed by atoms with E-state index in [2.05, 4.69) is 4.52 Å². The highest BCUT2D eigenvalue weighted by Gasteiger charge is 2.19. The number of aromatic hydroxyl groups is 1. The number of phenols is 1. The van der Waals surface area contributed by atoms with Gasteiger partial charge in [0.2, 0.25) is 0 Å².